The highest BCUT2D eigenvalue weighted by molar-refractivity contribution is 6.14. The van der Waals surface area contributed by atoms with Crippen molar-refractivity contribution in [1.29, 1.82) is 0 Å². The first-order valence-electron chi connectivity index (χ1n) is 14.6. The van der Waals surface area contributed by atoms with E-state index in [4.69, 9.17) is 9.40 Å². The second-order valence-corrected chi connectivity index (χ2v) is 11.3. The number of pyridine rings is 1. The van der Waals surface area contributed by atoms with Crippen LogP contribution in [0.5, 0.6) is 0 Å². The molecule has 0 bridgehead atoms. The lowest BCUT2D eigenvalue weighted by Crippen LogP contribution is -1.92. The van der Waals surface area contributed by atoms with E-state index >= 15 is 0 Å². The van der Waals surface area contributed by atoms with Crippen molar-refractivity contribution >= 4 is 49.3 Å². The number of hydrogen-bond acceptors (Lipinski definition) is 2. The molecule has 3 nitrogen and oxygen atoms in total. The fourth-order valence-corrected chi connectivity index (χ4v) is 6.57. The van der Waals surface area contributed by atoms with Crippen molar-refractivity contribution in [2.24, 2.45) is 0 Å². The van der Waals surface area contributed by atoms with E-state index in [0.717, 1.165) is 49.6 Å². The Bertz CT molecular complexity index is 2510. The summed E-state index contributed by atoms with van der Waals surface area (Å²) < 4.78 is 8.57. The highest BCUT2D eigenvalue weighted by Crippen LogP contribution is 2.38. The Morgan fingerprint density at radius 2 is 1.26 bits per heavy atom. The van der Waals surface area contributed by atoms with Gasteiger partial charge in [0, 0.05) is 39.5 Å². The highest BCUT2D eigenvalue weighted by atomic mass is 16.3. The summed E-state index contributed by atoms with van der Waals surface area (Å²) in [7, 11) is 0. The smallest absolute Gasteiger partial charge is 0.145 e. The first-order valence-corrected chi connectivity index (χ1v) is 14.6. The van der Waals surface area contributed by atoms with Crippen LogP contribution in [0.3, 0.4) is 0 Å². The minimum Gasteiger partial charge on any atom is -0.455 e. The number of benzene rings is 6. The summed E-state index contributed by atoms with van der Waals surface area (Å²) in [6.07, 6.45) is 3.94. The number of hydrogen-bond donors (Lipinski definition) is 0. The van der Waals surface area contributed by atoms with Crippen molar-refractivity contribution in [3.63, 3.8) is 0 Å². The molecule has 0 aliphatic rings. The summed E-state index contributed by atoms with van der Waals surface area (Å²) in [6, 6.07) is 45.7. The zero-order chi connectivity index (χ0) is 28.5. The maximum Gasteiger partial charge on any atom is 0.145 e. The Morgan fingerprint density at radius 3 is 2.19 bits per heavy atom. The monoisotopic (exact) mass is 550 g/mol. The van der Waals surface area contributed by atoms with Crippen molar-refractivity contribution in [2.45, 2.75) is 6.92 Å². The van der Waals surface area contributed by atoms with Crippen molar-refractivity contribution < 1.29 is 4.42 Å². The van der Waals surface area contributed by atoms with Crippen molar-refractivity contribution in [2.75, 3.05) is 0 Å². The molecule has 3 heteroatoms. The van der Waals surface area contributed by atoms with Gasteiger partial charge in [0.25, 0.3) is 0 Å². The number of nitrogens with zero attached hydrogens (tertiary/aromatic N) is 2. The number of furan rings is 1. The molecule has 0 atom stereocenters. The molecule has 0 saturated carbocycles. The van der Waals surface area contributed by atoms with Gasteiger partial charge >= 0.3 is 0 Å². The quantitative estimate of drug-likeness (QED) is 0.205. The fourth-order valence-electron chi connectivity index (χ4n) is 6.57. The number of aromatic nitrogens is 2. The van der Waals surface area contributed by atoms with Gasteiger partial charge in [-0.05, 0) is 76.5 Å². The summed E-state index contributed by atoms with van der Waals surface area (Å²) in [6.45, 7) is 2.13. The Labute approximate surface area is 248 Å². The lowest BCUT2D eigenvalue weighted by Gasteiger charge is -2.13. The Balaban J connectivity index is 1.24. The van der Waals surface area contributed by atoms with Gasteiger partial charge in [0.05, 0.1) is 5.52 Å². The molecule has 0 aliphatic carbocycles. The molecular weight excluding hydrogens is 524 g/mol. The summed E-state index contributed by atoms with van der Waals surface area (Å²) in [4.78, 5) is 4.73. The summed E-state index contributed by atoms with van der Waals surface area (Å²) in [5.41, 5.74) is 12.2. The van der Waals surface area contributed by atoms with E-state index < -0.39 is 0 Å². The molecule has 9 aromatic rings. The van der Waals surface area contributed by atoms with Gasteiger partial charge in [0.1, 0.15) is 16.8 Å². The van der Waals surface area contributed by atoms with Gasteiger partial charge < -0.3 is 4.42 Å². The SMILES string of the molecule is Cc1ccc(-c2ccc3c(c2)c2cc(-c4cccc(-c5cccc6c5oc5ccccc56)c4)ccc2n2ccnc32)cc1. The molecule has 0 amide bonds. The third kappa shape index (κ3) is 3.72. The van der Waals surface area contributed by atoms with Gasteiger partial charge in [0.2, 0.25) is 0 Å². The predicted octanol–water partition coefficient (Wildman–Crippen LogP) is 10.8. The van der Waals surface area contributed by atoms with Crippen LogP contribution in [0.2, 0.25) is 0 Å². The standard InChI is InChI=1S/C40H26N2O/c1-25-12-14-26(15-13-25)28-16-18-34-35(23-28)36-24-29(17-19-37(36)42-21-20-41-40(34)42)27-6-4-7-30(22-27)31-9-5-10-33-32-8-2-3-11-38(32)43-39(31)33/h2-24H,1H3. The van der Waals surface area contributed by atoms with Crippen LogP contribution in [0.15, 0.2) is 144 Å². The Kier molecular flexibility index (Phi) is 5.11. The second kappa shape index (κ2) is 9.17. The predicted molar refractivity (Wildman–Crippen MR) is 179 cm³/mol. The number of fused-ring (bicyclic) bond motifs is 9. The lowest BCUT2D eigenvalue weighted by molar-refractivity contribution is 0.670. The van der Waals surface area contributed by atoms with Crippen LogP contribution in [-0.2, 0) is 0 Å². The summed E-state index contributed by atoms with van der Waals surface area (Å²) >= 11 is 0. The van der Waals surface area contributed by atoms with E-state index in [2.05, 4.69) is 133 Å². The van der Waals surface area contributed by atoms with E-state index in [9.17, 15) is 0 Å². The third-order valence-corrected chi connectivity index (χ3v) is 8.74. The molecule has 0 radical (unpaired) electrons. The van der Waals surface area contributed by atoms with Crippen molar-refractivity contribution in [1.82, 2.24) is 9.38 Å². The van der Waals surface area contributed by atoms with E-state index in [0.29, 0.717) is 0 Å². The van der Waals surface area contributed by atoms with Crippen LogP contribution < -0.4 is 0 Å². The molecule has 0 saturated heterocycles. The van der Waals surface area contributed by atoms with E-state index in [-0.39, 0.29) is 0 Å². The number of rotatable bonds is 3. The minimum atomic E-state index is 0.915. The first-order chi connectivity index (χ1) is 21.2. The van der Waals surface area contributed by atoms with Crippen LogP contribution in [0.25, 0.3) is 82.6 Å². The van der Waals surface area contributed by atoms with Gasteiger partial charge in [-0.1, -0.05) is 96.6 Å². The zero-order valence-electron chi connectivity index (χ0n) is 23.6. The largest absolute Gasteiger partial charge is 0.455 e. The van der Waals surface area contributed by atoms with Crippen molar-refractivity contribution in [3.8, 4) is 33.4 Å². The Hall–Kier alpha value is -5.67. The topological polar surface area (TPSA) is 30.4 Å². The molecule has 9 rings (SSSR count). The summed E-state index contributed by atoms with van der Waals surface area (Å²) in [5.74, 6) is 0. The molecule has 3 heterocycles. The maximum absolute atomic E-state index is 6.37. The van der Waals surface area contributed by atoms with Crippen LogP contribution in [-0.4, -0.2) is 9.38 Å². The number of aryl methyl sites for hydroxylation is 1. The molecule has 0 aliphatic heterocycles. The average molecular weight is 551 g/mol. The normalized spacial score (nSPS) is 11.8. The van der Waals surface area contributed by atoms with Gasteiger partial charge in [-0.15, -0.1) is 0 Å². The molecule has 0 unspecified atom stereocenters. The number of para-hydroxylation sites is 2. The van der Waals surface area contributed by atoms with E-state index in [1.807, 2.05) is 18.3 Å². The maximum atomic E-state index is 6.37. The molecule has 3 aromatic heterocycles. The van der Waals surface area contributed by atoms with Crippen molar-refractivity contribution in [3.05, 3.63) is 145 Å². The number of imidazole rings is 1. The highest BCUT2D eigenvalue weighted by Gasteiger charge is 2.14. The van der Waals surface area contributed by atoms with E-state index in [1.54, 1.807) is 0 Å². The fraction of sp³-hybridized carbons (Fsp3) is 0.0250. The van der Waals surface area contributed by atoms with Gasteiger partial charge in [-0.3, -0.25) is 4.40 Å². The zero-order valence-corrected chi connectivity index (χ0v) is 23.6. The molecule has 202 valence electrons. The molecule has 43 heavy (non-hydrogen) atoms. The molecule has 6 aromatic carbocycles. The van der Waals surface area contributed by atoms with Crippen LogP contribution in [0, 0.1) is 6.92 Å². The van der Waals surface area contributed by atoms with Crippen LogP contribution >= 0.6 is 0 Å². The second-order valence-electron chi connectivity index (χ2n) is 11.3. The Morgan fingerprint density at radius 1 is 0.535 bits per heavy atom. The molecule has 0 fully saturated rings. The first kappa shape index (κ1) is 24.0. The van der Waals surface area contributed by atoms with Gasteiger partial charge in [0.15, 0.2) is 0 Å². The molecular formula is C40H26N2O. The minimum absolute atomic E-state index is 0.915. The van der Waals surface area contributed by atoms with Crippen LogP contribution in [0.4, 0.5) is 0 Å². The van der Waals surface area contributed by atoms with Gasteiger partial charge in [-0.25, -0.2) is 4.98 Å². The lowest BCUT2D eigenvalue weighted by atomic mass is 9.95. The average Bonchev–Trinajstić information content (AvgIpc) is 3.71. The third-order valence-electron chi connectivity index (χ3n) is 8.74. The van der Waals surface area contributed by atoms with Crippen LogP contribution in [0.1, 0.15) is 5.56 Å². The van der Waals surface area contributed by atoms with Gasteiger partial charge in [-0.2, -0.15) is 0 Å². The molecule has 0 N–H and O–H groups in total. The molecule has 0 spiro atoms. The van der Waals surface area contributed by atoms with E-state index in [1.165, 1.54) is 38.6 Å². The summed E-state index contributed by atoms with van der Waals surface area (Å²) in [5, 5.41) is 5.85.